The second-order valence-corrected chi connectivity index (χ2v) is 5.41. The summed E-state index contributed by atoms with van der Waals surface area (Å²) in [4.78, 5) is 26.7. The number of fused-ring (bicyclic) bond motifs is 1. The van der Waals surface area contributed by atoms with E-state index in [0.29, 0.717) is 10.6 Å². The molecule has 1 aromatic heterocycles. The van der Waals surface area contributed by atoms with Crippen molar-refractivity contribution in [2.75, 3.05) is 5.32 Å². The van der Waals surface area contributed by atoms with Crippen LogP contribution in [0.15, 0.2) is 18.2 Å². The number of carboxylic acids is 1. The first kappa shape index (κ1) is 11.9. The van der Waals surface area contributed by atoms with E-state index in [-0.39, 0.29) is 17.6 Å². The standard InChI is InChI=1S/C12H11N3O3S/c16-10(17)6-1-4-8-9(5-6)19-12(14-8)15-11(18)13-7-2-3-7/h1,4-5,7H,2-3H2,(H,16,17)(H2,13,14,15,18). The van der Waals surface area contributed by atoms with Crippen LogP contribution in [0.25, 0.3) is 10.2 Å². The Morgan fingerprint density at radius 1 is 1.37 bits per heavy atom. The Bertz CT molecular complexity index is 663. The largest absolute Gasteiger partial charge is 0.478 e. The maximum atomic E-state index is 11.6. The minimum Gasteiger partial charge on any atom is -0.478 e. The van der Waals surface area contributed by atoms with Gasteiger partial charge in [0, 0.05) is 6.04 Å². The van der Waals surface area contributed by atoms with Gasteiger partial charge in [0.2, 0.25) is 0 Å². The fourth-order valence-electron chi connectivity index (χ4n) is 1.66. The van der Waals surface area contributed by atoms with Gasteiger partial charge in [-0.1, -0.05) is 11.3 Å². The number of carbonyl (C=O) groups is 2. The molecule has 0 bridgehead atoms. The van der Waals surface area contributed by atoms with Gasteiger partial charge in [-0.3, -0.25) is 5.32 Å². The highest BCUT2D eigenvalue weighted by Crippen LogP contribution is 2.27. The molecule has 0 spiro atoms. The van der Waals surface area contributed by atoms with Crippen molar-refractivity contribution in [1.82, 2.24) is 10.3 Å². The SMILES string of the molecule is O=C(Nc1nc2ccc(C(=O)O)cc2s1)NC1CC1. The van der Waals surface area contributed by atoms with Crippen molar-refractivity contribution in [3.05, 3.63) is 23.8 Å². The highest BCUT2D eigenvalue weighted by molar-refractivity contribution is 7.22. The summed E-state index contributed by atoms with van der Waals surface area (Å²) in [7, 11) is 0. The van der Waals surface area contributed by atoms with Crippen molar-refractivity contribution in [3.8, 4) is 0 Å². The lowest BCUT2D eigenvalue weighted by Gasteiger charge is -2.01. The molecule has 0 saturated heterocycles. The van der Waals surface area contributed by atoms with Crippen molar-refractivity contribution < 1.29 is 14.7 Å². The van der Waals surface area contributed by atoms with E-state index in [1.54, 1.807) is 12.1 Å². The number of benzene rings is 1. The predicted octanol–water partition coefficient (Wildman–Crippen LogP) is 2.28. The lowest BCUT2D eigenvalue weighted by Crippen LogP contribution is -2.30. The van der Waals surface area contributed by atoms with E-state index < -0.39 is 5.97 Å². The molecule has 0 radical (unpaired) electrons. The number of rotatable bonds is 3. The maximum Gasteiger partial charge on any atom is 0.335 e. The third-order valence-corrected chi connectivity index (χ3v) is 3.70. The lowest BCUT2D eigenvalue weighted by atomic mass is 10.2. The minimum atomic E-state index is -0.976. The molecule has 2 aromatic rings. The van der Waals surface area contributed by atoms with E-state index in [9.17, 15) is 9.59 Å². The molecule has 1 heterocycles. The number of urea groups is 1. The molecule has 1 aromatic carbocycles. The summed E-state index contributed by atoms with van der Waals surface area (Å²) in [6.45, 7) is 0. The van der Waals surface area contributed by atoms with Gasteiger partial charge in [-0.15, -0.1) is 0 Å². The first-order chi connectivity index (χ1) is 9.11. The zero-order valence-corrected chi connectivity index (χ0v) is 10.7. The molecule has 1 aliphatic carbocycles. The Hall–Kier alpha value is -2.15. The van der Waals surface area contributed by atoms with Gasteiger partial charge in [0.05, 0.1) is 15.8 Å². The molecule has 1 saturated carbocycles. The summed E-state index contributed by atoms with van der Waals surface area (Å²) >= 11 is 1.26. The molecule has 3 N–H and O–H groups in total. The molecule has 0 atom stereocenters. The van der Waals surface area contributed by atoms with Gasteiger partial charge in [-0.25, -0.2) is 14.6 Å². The first-order valence-electron chi connectivity index (χ1n) is 5.83. The Kier molecular flexibility index (Phi) is 2.83. The van der Waals surface area contributed by atoms with Crippen LogP contribution in [0, 0.1) is 0 Å². The molecule has 6 nitrogen and oxygen atoms in total. The topological polar surface area (TPSA) is 91.3 Å². The second kappa shape index (κ2) is 4.51. The van der Waals surface area contributed by atoms with Crippen LogP contribution in [0.5, 0.6) is 0 Å². The fourth-order valence-corrected chi connectivity index (χ4v) is 2.56. The molecule has 3 rings (SSSR count). The highest BCUT2D eigenvalue weighted by Gasteiger charge is 2.23. The van der Waals surface area contributed by atoms with E-state index in [2.05, 4.69) is 15.6 Å². The predicted molar refractivity (Wildman–Crippen MR) is 71.8 cm³/mol. The molecule has 0 unspecified atom stereocenters. The van der Waals surface area contributed by atoms with Gasteiger partial charge in [-0.2, -0.15) is 0 Å². The van der Waals surface area contributed by atoms with Crippen molar-refractivity contribution >= 4 is 38.7 Å². The van der Waals surface area contributed by atoms with E-state index >= 15 is 0 Å². The summed E-state index contributed by atoms with van der Waals surface area (Å²) in [6.07, 6.45) is 2.05. The number of thiazole rings is 1. The molecule has 98 valence electrons. The zero-order valence-electron chi connectivity index (χ0n) is 9.84. The Labute approximate surface area is 112 Å². The molecule has 7 heteroatoms. The van der Waals surface area contributed by atoms with Gasteiger partial charge in [0.1, 0.15) is 0 Å². The van der Waals surface area contributed by atoms with E-state index in [1.165, 1.54) is 17.4 Å². The van der Waals surface area contributed by atoms with Crippen molar-refractivity contribution in [3.63, 3.8) is 0 Å². The number of carbonyl (C=O) groups excluding carboxylic acids is 1. The van der Waals surface area contributed by atoms with Crippen molar-refractivity contribution in [1.29, 1.82) is 0 Å². The van der Waals surface area contributed by atoms with Crippen molar-refractivity contribution in [2.45, 2.75) is 18.9 Å². The van der Waals surface area contributed by atoms with Crippen molar-refractivity contribution in [2.24, 2.45) is 0 Å². The van der Waals surface area contributed by atoms with E-state index in [0.717, 1.165) is 17.5 Å². The van der Waals surface area contributed by atoms with E-state index in [4.69, 9.17) is 5.11 Å². The van der Waals surface area contributed by atoms with Gasteiger partial charge in [-0.05, 0) is 31.0 Å². The monoisotopic (exact) mass is 277 g/mol. The number of nitrogens with one attached hydrogen (secondary N) is 2. The van der Waals surface area contributed by atoms with Crippen LogP contribution in [0.1, 0.15) is 23.2 Å². The van der Waals surface area contributed by atoms with Gasteiger partial charge < -0.3 is 10.4 Å². The highest BCUT2D eigenvalue weighted by atomic mass is 32.1. The summed E-state index contributed by atoms with van der Waals surface area (Å²) in [5, 5.41) is 14.8. The number of aromatic carboxylic acids is 1. The Morgan fingerprint density at radius 2 is 2.16 bits per heavy atom. The molecule has 19 heavy (non-hydrogen) atoms. The maximum absolute atomic E-state index is 11.6. The number of hydrogen-bond donors (Lipinski definition) is 3. The van der Waals surface area contributed by atoms with Crippen LogP contribution in [0.2, 0.25) is 0 Å². The van der Waals surface area contributed by atoms with Gasteiger partial charge in [0.15, 0.2) is 5.13 Å². The first-order valence-corrected chi connectivity index (χ1v) is 6.65. The van der Waals surface area contributed by atoms with Gasteiger partial charge >= 0.3 is 12.0 Å². The number of anilines is 1. The fraction of sp³-hybridized carbons (Fsp3) is 0.250. The number of carboxylic acid groups (broad SMARTS) is 1. The quantitative estimate of drug-likeness (QED) is 0.802. The summed E-state index contributed by atoms with van der Waals surface area (Å²) in [6, 6.07) is 4.71. The molecule has 0 aliphatic heterocycles. The molecular formula is C12H11N3O3S. The normalized spacial score (nSPS) is 14.3. The number of nitrogens with zero attached hydrogens (tertiary/aromatic N) is 1. The smallest absolute Gasteiger partial charge is 0.335 e. The minimum absolute atomic E-state index is 0.213. The van der Waals surface area contributed by atoms with Crippen LogP contribution in [-0.2, 0) is 0 Å². The van der Waals surface area contributed by atoms with Gasteiger partial charge in [0.25, 0.3) is 0 Å². The summed E-state index contributed by atoms with van der Waals surface area (Å²) in [5.74, 6) is -0.976. The average Bonchev–Trinajstić information content (AvgIpc) is 3.06. The van der Waals surface area contributed by atoms with Crippen LogP contribution in [0.4, 0.5) is 9.93 Å². The van der Waals surface area contributed by atoms with E-state index in [1.807, 2.05) is 0 Å². The lowest BCUT2D eigenvalue weighted by molar-refractivity contribution is 0.0697. The number of aromatic nitrogens is 1. The Balaban J connectivity index is 1.80. The third-order valence-electron chi connectivity index (χ3n) is 2.77. The molecular weight excluding hydrogens is 266 g/mol. The molecule has 1 aliphatic rings. The van der Waals surface area contributed by atoms with Crippen LogP contribution >= 0.6 is 11.3 Å². The van der Waals surface area contributed by atoms with Crippen LogP contribution in [-0.4, -0.2) is 28.1 Å². The molecule has 1 fully saturated rings. The Morgan fingerprint density at radius 3 is 2.84 bits per heavy atom. The zero-order chi connectivity index (χ0) is 13.4. The summed E-state index contributed by atoms with van der Waals surface area (Å²) in [5.41, 5.74) is 0.891. The summed E-state index contributed by atoms with van der Waals surface area (Å²) < 4.78 is 0.738. The second-order valence-electron chi connectivity index (χ2n) is 4.38. The number of amides is 2. The average molecular weight is 277 g/mol. The number of hydrogen-bond acceptors (Lipinski definition) is 4. The van der Waals surface area contributed by atoms with Crippen LogP contribution in [0.3, 0.4) is 0 Å². The molecule has 2 amide bonds. The third kappa shape index (κ3) is 2.65. The van der Waals surface area contributed by atoms with Crippen LogP contribution < -0.4 is 10.6 Å².